The molecule has 2 aromatic heterocycles. The van der Waals surface area contributed by atoms with E-state index in [0.29, 0.717) is 18.1 Å². The molecule has 0 saturated carbocycles. The molecule has 0 fully saturated rings. The molecule has 1 N–H and O–H groups in total. The number of anilines is 1. The number of nitrogens with zero attached hydrogens (tertiary/aromatic N) is 4. The molecule has 2 heterocycles. The van der Waals surface area contributed by atoms with Gasteiger partial charge in [-0.05, 0) is 24.4 Å². The highest BCUT2D eigenvalue weighted by atomic mass is 35.5. The number of halogens is 1. The third-order valence-corrected chi connectivity index (χ3v) is 5.96. The van der Waals surface area contributed by atoms with E-state index in [-0.39, 0.29) is 28.1 Å². The van der Waals surface area contributed by atoms with Gasteiger partial charge in [-0.1, -0.05) is 29.4 Å². The molecular formula is C17H16ClN5O3S2. The van der Waals surface area contributed by atoms with Gasteiger partial charge in [0.15, 0.2) is 5.16 Å². The molecule has 0 aliphatic heterocycles. The fraction of sp³-hybridized carbons (Fsp3) is 0.235. The summed E-state index contributed by atoms with van der Waals surface area (Å²) in [6.45, 7) is 2.68. The first kappa shape index (κ1) is 20.3. The summed E-state index contributed by atoms with van der Waals surface area (Å²) in [7, 11) is 0. The largest absolute Gasteiger partial charge is 0.324 e. The van der Waals surface area contributed by atoms with Crippen LogP contribution in [0.15, 0.2) is 40.9 Å². The predicted molar refractivity (Wildman–Crippen MR) is 110 cm³/mol. The maximum atomic E-state index is 12.3. The van der Waals surface area contributed by atoms with Crippen LogP contribution in [0, 0.1) is 10.1 Å². The van der Waals surface area contributed by atoms with E-state index in [2.05, 4.69) is 15.5 Å². The van der Waals surface area contributed by atoms with Gasteiger partial charge in [0.2, 0.25) is 5.91 Å². The number of carbonyl (C=O) groups is 1. The lowest BCUT2D eigenvalue weighted by Gasteiger charge is -2.08. The van der Waals surface area contributed by atoms with Crippen molar-refractivity contribution in [2.75, 3.05) is 11.1 Å². The quantitative estimate of drug-likeness (QED) is 0.321. The summed E-state index contributed by atoms with van der Waals surface area (Å²) in [6, 6.07) is 7.94. The molecule has 3 rings (SSSR count). The Morgan fingerprint density at radius 1 is 1.39 bits per heavy atom. The van der Waals surface area contributed by atoms with Crippen LogP contribution >= 0.6 is 34.7 Å². The Bertz CT molecular complexity index is 991. The zero-order valence-corrected chi connectivity index (χ0v) is 17.2. The van der Waals surface area contributed by atoms with Gasteiger partial charge in [-0.3, -0.25) is 14.9 Å². The maximum Gasteiger partial charge on any atom is 0.271 e. The fourth-order valence-electron chi connectivity index (χ4n) is 2.48. The van der Waals surface area contributed by atoms with Crippen LogP contribution in [0.3, 0.4) is 0 Å². The van der Waals surface area contributed by atoms with Crippen LogP contribution in [0.1, 0.15) is 17.6 Å². The molecule has 28 heavy (non-hydrogen) atoms. The number of thioether (sulfide) groups is 1. The average molecular weight is 438 g/mol. The van der Waals surface area contributed by atoms with E-state index in [0.717, 1.165) is 5.82 Å². The summed E-state index contributed by atoms with van der Waals surface area (Å²) in [5.41, 5.74) is 0.0631. The zero-order chi connectivity index (χ0) is 20.1. The first-order valence-electron chi connectivity index (χ1n) is 8.29. The van der Waals surface area contributed by atoms with Crippen molar-refractivity contribution in [1.82, 2.24) is 14.8 Å². The Balaban J connectivity index is 1.64. The van der Waals surface area contributed by atoms with Gasteiger partial charge in [-0.15, -0.1) is 21.5 Å². The van der Waals surface area contributed by atoms with Crippen LogP contribution in [0.2, 0.25) is 5.02 Å². The van der Waals surface area contributed by atoms with Crippen molar-refractivity contribution in [1.29, 1.82) is 0 Å². The van der Waals surface area contributed by atoms with Crippen molar-refractivity contribution in [2.45, 2.75) is 25.0 Å². The monoisotopic (exact) mass is 437 g/mol. The number of rotatable bonds is 8. The number of nitro groups is 1. The highest BCUT2D eigenvalue weighted by Gasteiger charge is 2.16. The van der Waals surface area contributed by atoms with E-state index >= 15 is 0 Å². The van der Waals surface area contributed by atoms with E-state index < -0.39 is 4.92 Å². The van der Waals surface area contributed by atoms with Gasteiger partial charge in [0.05, 0.1) is 21.4 Å². The van der Waals surface area contributed by atoms with Gasteiger partial charge in [0.1, 0.15) is 5.82 Å². The third kappa shape index (κ3) is 4.89. The lowest BCUT2D eigenvalue weighted by atomic mass is 10.3. The van der Waals surface area contributed by atoms with E-state index in [1.165, 1.54) is 34.8 Å². The van der Waals surface area contributed by atoms with Crippen molar-refractivity contribution >= 4 is 52.0 Å². The van der Waals surface area contributed by atoms with Gasteiger partial charge >= 0.3 is 0 Å². The van der Waals surface area contributed by atoms with Crippen LogP contribution in [-0.2, 0) is 17.8 Å². The average Bonchev–Trinajstić information content (AvgIpc) is 3.31. The molecule has 3 aromatic rings. The first-order valence-corrected chi connectivity index (χ1v) is 10.5. The summed E-state index contributed by atoms with van der Waals surface area (Å²) in [4.78, 5) is 23.8. The van der Waals surface area contributed by atoms with Crippen LogP contribution in [-0.4, -0.2) is 31.3 Å². The Hall–Kier alpha value is -2.43. The maximum absolute atomic E-state index is 12.3. The van der Waals surface area contributed by atoms with E-state index in [4.69, 9.17) is 11.6 Å². The molecule has 0 aliphatic carbocycles. The number of hydrogen-bond acceptors (Lipinski definition) is 7. The van der Waals surface area contributed by atoms with Crippen molar-refractivity contribution in [2.24, 2.45) is 0 Å². The number of non-ortho nitro benzene ring substituents is 1. The van der Waals surface area contributed by atoms with Crippen molar-refractivity contribution in [3.8, 4) is 0 Å². The molecule has 146 valence electrons. The molecule has 8 nitrogen and oxygen atoms in total. The zero-order valence-electron chi connectivity index (χ0n) is 14.8. The molecule has 11 heteroatoms. The number of carbonyl (C=O) groups excluding carboxylic acids is 1. The molecular weight excluding hydrogens is 422 g/mol. The summed E-state index contributed by atoms with van der Waals surface area (Å²) < 4.78 is 1.97. The summed E-state index contributed by atoms with van der Waals surface area (Å²) >= 11 is 8.92. The van der Waals surface area contributed by atoms with E-state index in [1.54, 1.807) is 11.3 Å². The smallest absolute Gasteiger partial charge is 0.271 e. The molecule has 1 aromatic carbocycles. The number of nitro benzene ring substituents is 1. The summed E-state index contributed by atoms with van der Waals surface area (Å²) in [6.07, 6.45) is 0.689. The standard InChI is InChI=1S/C17H16ClN5O3S2/c1-2-22-15(9-12-4-3-7-27-12)20-21-17(22)28-10-16(24)19-14-8-11(23(25)26)5-6-13(14)18/h3-8H,2,9-10H2,1H3,(H,19,24). The molecule has 0 atom stereocenters. The summed E-state index contributed by atoms with van der Waals surface area (Å²) in [5, 5.41) is 24.8. The van der Waals surface area contributed by atoms with Crippen LogP contribution < -0.4 is 5.32 Å². The Labute approximate surface area is 174 Å². The first-order chi connectivity index (χ1) is 13.5. The van der Waals surface area contributed by atoms with E-state index in [1.807, 2.05) is 29.0 Å². The minimum absolute atomic E-state index is 0.0795. The lowest BCUT2D eigenvalue weighted by Crippen LogP contribution is -2.15. The highest BCUT2D eigenvalue weighted by molar-refractivity contribution is 7.99. The third-order valence-electron chi connectivity index (χ3n) is 3.79. The van der Waals surface area contributed by atoms with Gasteiger partial charge in [-0.25, -0.2) is 0 Å². The molecule has 0 bridgehead atoms. The van der Waals surface area contributed by atoms with Crippen molar-refractivity contribution in [3.05, 3.63) is 61.6 Å². The SMILES string of the molecule is CCn1c(Cc2cccs2)nnc1SCC(=O)Nc1cc([N+](=O)[O-])ccc1Cl. The number of amides is 1. The van der Waals surface area contributed by atoms with Crippen LogP contribution in [0.5, 0.6) is 0 Å². The Morgan fingerprint density at radius 3 is 2.89 bits per heavy atom. The normalized spacial score (nSPS) is 10.8. The van der Waals surface area contributed by atoms with Crippen molar-refractivity contribution in [3.63, 3.8) is 0 Å². The molecule has 1 amide bonds. The molecule has 0 aliphatic rings. The lowest BCUT2D eigenvalue weighted by molar-refractivity contribution is -0.384. The van der Waals surface area contributed by atoms with E-state index in [9.17, 15) is 14.9 Å². The second-order valence-corrected chi connectivity index (χ2v) is 8.04. The number of benzene rings is 1. The van der Waals surface area contributed by atoms with Crippen molar-refractivity contribution < 1.29 is 9.72 Å². The minimum atomic E-state index is -0.542. The minimum Gasteiger partial charge on any atom is -0.324 e. The topological polar surface area (TPSA) is 103 Å². The molecule has 0 spiro atoms. The highest BCUT2D eigenvalue weighted by Crippen LogP contribution is 2.27. The fourth-order valence-corrected chi connectivity index (χ4v) is 4.17. The van der Waals surface area contributed by atoms with Crippen LogP contribution in [0.25, 0.3) is 0 Å². The number of hydrogen-bond donors (Lipinski definition) is 1. The number of nitrogens with one attached hydrogen (secondary N) is 1. The number of thiophene rings is 1. The van der Waals surface area contributed by atoms with Gasteiger partial charge < -0.3 is 9.88 Å². The molecule has 0 unspecified atom stereocenters. The van der Waals surface area contributed by atoms with Gasteiger partial charge in [-0.2, -0.15) is 0 Å². The molecule has 0 saturated heterocycles. The van der Waals surface area contributed by atoms with Gasteiger partial charge in [0.25, 0.3) is 5.69 Å². The second kappa shape index (κ2) is 9.18. The second-order valence-electron chi connectivity index (χ2n) is 5.66. The summed E-state index contributed by atoms with van der Waals surface area (Å²) in [5.74, 6) is 0.586. The molecule has 0 radical (unpaired) electrons. The predicted octanol–water partition coefficient (Wildman–Crippen LogP) is 4.24. The van der Waals surface area contributed by atoms with Crippen LogP contribution in [0.4, 0.5) is 11.4 Å². The number of aromatic nitrogens is 3. The van der Waals surface area contributed by atoms with Gasteiger partial charge in [0, 0.05) is 30.0 Å². The Morgan fingerprint density at radius 2 is 2.21 bits per heavy atom. The Kier molecular flexibility index (Phi) is 6.65.